The van der Waals surface area contributed by atoms with Crippen molar-refractivity contribution < 1.29 is 13.6 Å². The lowest BCUT2D eigenvalue weighted by atomic mass is 9.97. The summed E-state index contributed by atoms with van der Waals surface area (Å²) in [7, 11) is 0. The van der Waals surface area contributed by atoms with Crippen molar-refractivity contribution in [3.63, 3.8) is 0 Å². The second-order valence-corrected chi connectivity index (χ2v) is 6.76. The van der Waals surface area contributed by atoms with Gasteiger partial charge in [0.25, 0.3) is 5.91 Å². The van der Waals surface area contributed by atoms with Crippen molar-refractivity contribution in [2.45, 2.75) is 24.9 Å². The molecule has 1 aliphatic carbocycles. The van der Waals surface area contributed by atoms with E-state index in [9.17, 15) is 13.6 Å². The van der Waals surface area contributed by atoms with Gasteiger partial charge in [-0.25, -0.2) is 13.8 Å². The normalized spacial score (nSPS) is 17.7. The Labute approximate surface area is 143 Å². The number of amides is 1. The zero-order chi connectivity index (χ0) is 16.8. The molecule has 2 fully saturated rings. The van der Waals surface area contributed by atoms with E-state index < -0.39 is 12.0 Å². The minimum atomic E-state index is -0.997. The Kier molecular flexibility index (Phi) is 3.76. The van der Waals surface area contributed by atoms with Crippen LogP contribution in [-0.4, -0.2) is 35.1 Å². The number of aromatic nitrogens is 1. The average molecular weight is 349 g/mol. The number of likely N-dealkylation sites (tertiary alicyclic amines) is 1. The molecule has 2 heterocycles. The van der Waals surface area contributed by atoms with Crippen LogP contribution in [0.15, 0.2) is 30.3 Å². The highest BCUT2D eigenvalue weighted by Gasteiger charge is 2.32. The third kappa shape index (κ3) is 2.88. The number of alkyl halides is 1. The second-order valence-electron chi connectivity index (χ2n) is 6.38. The van der Waals surface area contributed by atoms with Crippen LogP contribution in [0.2, 0.25) is 5.15 Å². The number of carbonyl (C=O) groups is 1. The number of hydrogen-bond acceptors (Lipinski definition) is 2. The van der Waals surface area contributed by atoms with Gasteiger partial charge in [0.15, 0.2) is 0 Å². The van der Waals surface area contributed by atoms with Gasteiger partial charge in [0.2, 0.25) is 0 Å². The molecule has 24 heavy (non-hydrogen) atoms. The minimum Gasteiger partial charge on any atom is -0.333 e. The summed E-state index contributed by atoms with van der Waals surface area (Å²) in [6.07, 6.45) is 1.16. The summed E-state index contributed by atoms with van der Waals surface area (Å²) in [5.74, 6) is -0.453. The van der Waals surface area contributed by atoms with E-state index in [1.165, 1.54) is 17.0 Å². The summed E-state index contributed by atoms with van der Waals surface area (Å²) in [5, 5.41) is 0.352. The molecule has 1 aromatic carbocycles. The van der Waals surface area contributed by atoms with Crippen LogP contribution in [0.3, 0.4) is 0 Å². The lowest BCUT2D eigenvalue weighted by molar-refractivity contribution is 0.0400. The molecule has 3 nitrogen and oxygen atoms in total. The molecule has 1 aliphatic heterocycles. The van der Waals surface area contributed by atoms with Crippen LogP contribution in [0.25, 0.3) is 11.1 Å². The van der Waals surface area contributed by atoms with Crippen LogP contribution >= 0.6 is 11.6 Å². The number of pyridine rings is 1. The van der Waals surface area contributed by atoms with Crippen molar-refractivity contribution in [1.82, 2.24) is 9.88 Å². The molecule has 1 aromatic heterocycles. The van der Waals surface area contributed by atoms with Gasteiger partial charge in [0.05, 0.1) is 18.7 Å². The first-order valence-electron chi connectivity index (χ1n) is 7.92. The Bertz CT molecular complexity index is 817. The Morgan fingerprint density at radius 2 is 1.96 bits per heavy atom. The van der Waals surface area contributed by atoms with Gasteiger partial charge < -0.3 is 4.90 Å². The SMILES string of the molecule is O=C(c1cc(F)ccc1-c1cc(Cl)nc(C2CC2)c1)N1CC(F)C1. The third-order valence-corrected chi connectivity index (χ3v) is 4.65. The molecule has 1 saturated carbocycles. The zero-order valence-corrected chi connectivity index (χ0v) is 13.6. The average Bonchev–Trinajstić information content (AvgIpc) is 3.35. The molecule has 2 aliphatic rings. The van der Waals surface area contributed by atoms with E-state index in [2.05, 4.69) is 4.98 Å². The van der Waals surface area contributed by atoms with Gasteiger partial charge in [0, 0.05) is 11.6 Å². The number of benzene rings is 1. The number of halogens is 3. The second kappa shape index (κ2) is 5.81. The molecular weight excluding hydrogens is 334 g/mol. The lowest BCUT2D eigenvalue weighted by Crippen LogP contribution is -2.51. The van der Waals surface area contributed by atoms with Gasteiger partial charge >= 0.3 is 0 Å². The molecule has 2 aromatic rings. The van der Waals surface area contributed by atoms with Gasteiger partial charge in [-0.1, -0.05) is 17.7 Å². The monoisotopic (exact) mass is 348 g/mol. The van der Waals surface area contributed by atoms with Crippen molar-refractivity contribution in [3.8, 4) is 11.1 Å². The van der Waals surface area contributed by atoms with E-state index in [0.717, 1.165) is 24.1 Å². The highest BCUT2D eigenvalue weighted by atomic mass is 35.5. The smallest absolute Gasteiger partial charge is 0.254 e. The maximum Gasteiger partial charge on any atom is 0.254 e. The van der Waals surface area contributed by atoms with E-state index in [0.29, 0.717) is 16.6 Å². The Hall–Kier alpha value is -2.01. The van der Waals surface area contributed by atoms with Crippen LogP contribution in [0, 0.1) is 5.82 Å². The number of rotatable bonds is 3. The molecule has 1 amide bonds. The van der Waals surface area contributed by atoms with Gasteiger partial charge in [-0.15, -0.1) is 0 Å². The summed E-state index contributed by atoms with van der Waals surface area (Å²) in [6, 6.07) is 7.66. The molecule has 4 rings (SSSR count). The Morgan fingerprint density at radius 3 is 2.62 bits per heavy atom. The summed E-state index contributed by atoms with van der Waals surface area (Å²) in [5.41, 5.74) is 2.45. The predicted octanol–water partition coefficient (Wildman–Crippen LogP) is 4.21. The quantitative estimate of drug-likeness (QED) is 0.778. The summed E-state index contributed by atoms with van der Waals surface area (Å²) >= 11 is 6.12. The van der Waals surface area contributed by atoms with E-state index >= 15 is 0 Å². The minimum absolute atomic E-state index is 0.0548. The van der Waals surface area contributed by atoms with Crippen molar-refractivity contribution in [1.29, 1.82) is 0 Å². The van der Waals surface area contributed by atoms with Crippen molar-refractivity contribution >= 4 is 17.5 Å². The third-order valence-electron chi connectivity index (χ3n) is 4.46. The van der Waals surface area contributed by atoms with Crippen LogP contribution in [-0.2, 0) is 0 Å². The van der Waals surface area contributed by atoms with E-state index in [4.69, 9.17) is 11.6 Å². The summed E-state index contributed by atoms with van der Waals surface area (Å²) in [4.78, 5) is 18.3. The Balaban J connectivity index is 1.76. The number of nitrogens with zero attached hydrogens (tertiary/aromatic N) is 2. The largest absolute Gasteiger partial charge is 0.333 e. The molecule has 0 radical (unpaired) electrons. The number of carbonyl (C=O) groups excluding carboxylic acids is 1. The van der Waals surface area contributed by atoms with E-state index in [1.54, 1.807) is 12.1 Å². The maximum atomic E-state index is 13.7. The molecule has 0 unspecified atom stereocenters. The first kappa shape index (κ1) is 15.5. The molecule has 0 N–H and O–H groups in total. The fourth-order valence-corrected chi connectivity index (χ4v) is 3.18. The molecule has 6 heteroatoms. The van der Waals surface area contributed by atoms with E-state index in [1.807, 2.05) is 6.07 Å². The van der Waals surface area contributed by atoms with Crippen LogP contribution in [0.4, 0.5) is 8.78 Å². The molecule has 0 atom stereocenters. The fraction of sp³-hybridized carbons (Fsp3) is 0.333. The topological polar surface area (TPSA) is 33.2 Å². The van der Waals surface area contributed by atoms with Crippen molar-refractivity contribution in [3.05, 3.63) is 52.6 Å². The molecule has 1 saturated heterocycles. The lowest BCUT2D eigenvalue weighted by Gasteiger charge is -2.34. The van der Waals surface area contributed by atoms with E-state index in [-0.39, 0.29) is 24.6 Å². The summed E-state index contributed by atoms with van der Waals surface area (Å²) < 4.78 is 26.8. The van der Waals surface area contributed by atoms with Gasteiger partial charge in [-0.3, -0.25) is 4.79 Å². The van der Waals surface area contributed by atoms with Crippen molar-refractivity contribution in [2.75, 3.05) is 13.1 Å². The van der Waals surface area contributed by atoms with Gasteiger partial charge in [-0.05, 0) is 48.2 Å². The summed E-state index contributed by atoms with van der Waals surface area (Å²) in [6.45, 7) is 0.110. The van der Waals surface area contributed by atoms with Crippen LogP contribution in [0.5, 0.6) is 0 Å². The highest BCUT2D eigenvalue weighted by molar-refractivity contribution is 6.29. The maximum absolute atomic E-state index is 13.7. The molecule has 124 valence electrons. The van der Waals surface area contributed by atoms with Crippen molar-refractivity contribution in [2.24, 2.45) is 0 Å². The Morgan fingerprint density at radius 1 is 1.21 bits per heavy atom. The van der Waals surface area contributed by atoms with Crippen LogP contribution in [0.1, 0.15) is 34.8 Å². The van der Waals surface area contributed by atoms with Gasteiger partial charge in [0.1, 0.15) is 17.1 Å². The first-order valence-corrected chi connectivity index (χ1v) is 8.30. The first-order chi connectivity index (χ1) is 11.5. The van der Waals surface area contributed by atoms with Crippen LogP contribution < -0.4 is 0 Å². The fourth-order valence-electron chi connectivity index (χ4n) is 2.97. The predicted molar refractivity (Wildman–Crippen MR) is 87.4 cm³/mol. The van der Waals surface area contributed by atoms with Gasteiger partial charge in [-0.2, -0.15) is 0 Å². The molecule has 0 bridgehead atoms. The molecule has 0 spiro atoms. The zero-order valence-electron chi connectivity index (χ0n) is 12.8. The standard InChI is InChI=1S/C18H15ClF2N2O/c19-17-6-11(5-16(22-17)10-1-2-10)14-4-3-12(20)7-15(14)18(24)23-8-13(21)9-23/h3-7,10,13H,1-2,8-9H2. The number of hydrogen-bond donors (Lipinski definition) is 0. The highest BCUT2D eigenvalue weighted by Crippen LogP contribution is 2.41. The molecular formula is C18H15ClF2N2O.